The van der Waals surface area contributed by atoms with E-state index in [1.54, 1.807) is 0 Å². The fourth-order valence-electron chi connectivity index (χ4n) is 2.90. The maximum atomic E-state index is 12.1. The second-order valence-electron chi connectivity index (χ2n) is 8.64. The highest BCUT2D eigenvalue weighted by Gasteiger charge is 2.37. The fraction of sp³-hybridized carbons (Fsp3) is 0.944. The molecule has 0 aliphatic carbocycles. The van der Waals surface area contributed by atoms with Gasteiger partial charge in [0.1, 0.15) is 5.60 Å². The number of hydrogen-bond acceptors (Lipinski definition) is 4. The van der Waals surface area contributed by atoms with Gasteiger partial charge in [0.05, 0.1) is 23.2 Å². The Bertz CT molecular complexity index is 373. The molecule has 1 aliphatic heterocycles. The Morgan fingerprint density at radius 3 is 2.23 bits per heavy atom. The molecule has 0 spiro atoms. The van der Waals surface area contributed by atoms with E-state index in [1.165, 1.54) is 0 Å². The molecule has 0 aromatic carbocycles. The SMILES string of the molecule is CC(CC(C)(C)OC(=O)C(C)(C)C)OC(C)(C)C1CCCO1. The molecule has 130 valence electrons. The summed E-state index contributed by atoms with van der Waals surface area (Å²) in [5.41, 5.74) is -1.35. The van der Waals surface area contributed by atoms with Crippen LogP contribution in [0.2, 0.25) is 0 Å². The third-order valence-electron chi connectivity index (χ3n) is 3.97. The number of carbonyl (C=O) groups is 1. The number of rotatable bonds is 6. The molecular weight excluding hydrogens is 280 g/mol. The first-order valence-corrected chi connectivity index (χ1v) is 8.36. The maximum Gasteiger partial charge on any atom is 0.311 e. The molecule has 0 bridgehead atoms. The summed E-state index contributed by atoms with van der Waals surface area (Å²) in [5.74, 6) is -0.178. The lowest BCUT2D eigenvalue weighted by atomic mass is 9.94. The summed E-state index contributed by atoms with van der Waals surface area (Å²) in [6, 6.07) is 0. The summed E-state index contributed by atoms with van der Waals surface area (Å²) in [4.78, 5) is 12.1. The minimum Gasteiger partial charge on any atom is -0.459 e. The van der Waals surface area contributed by atoms with Crippen molar-refractivity contribution in [2.45, 2.75) is 98.1 Å². The van der Waals surface area contributed by atoms with Crippen molar-refractivity contribution in [1.29, 1.82) is 0 Å². The molecule has 1 heterocycles. The number of hydrogen-bond donors (Lipinski definition) is 0. The molecule has 0 radical (unpaired) electrons. The van der Waals surface area contributed by atoms with E-state index >= 15 is 0 Å². The van der Waals surface area contributed by atoms with E-state index in [2.05, 4.69) is 13.8 Å². The quantitative estimate of drug-likeness (QED) is 0.692. The van der Waals surface area contributed by atoms with Gasteiger partial charge in [0.2, 0.25) is 0 Å². The van der Waals surface area contributed by atoms with Gasteiger partial charge in [0, 0.05) is 13.0 Å². The molecule has 22 heavy (non-hydrogen) atoms. The molecular formula is C18H34O4. The molecule has 1 saturated heterocycles. The Morgan fingerprint density at radius 2 is 1.77 bits per heavy atom. The Hall–Kier alpha value is -0.610. The van der Waals surface area contributed by atoms with Gasteiger partial charge in [-0.05, 0) is 68.2 Å². The van der Waals surface area contributed by atoms with Gasteiger partial charge >= 0.3 is 5.97 Å². The summed E-state index contributed by atoms with van der Waals surface area (Å²) in [6.45, 7) is 16.5. The lowest BCUT2D eigenvalue weighted by molar-refractivity contribution is -0.176. The highest BCUT2D eigenvalue weighted by molar-refractivity contribution is 5.75. The van der Waals surface area contributed by atoms with Gasteiger partial charge < -0.3 is 14.2 Å². The summed E-state index contributed by atoms with van der Waals surface area (Å²) in [7, 11) is 0. The lowest BCUT2D eigenvalue weighted by Crippen LogP contribution is -2.43. The lowest BCUT2D eigenvalue weighted by Gasteiger charge is -2.37. The summed E-state index contributed by atoms with van der Waals surface area (Å²) in [6.07, 6.45) is 2.94. The molecule has 2 atom stereocenters. The molecule has 4 heteroatoms. The minimum atomic E-state index is -0.545. The maximum absolute atomic E-state index is 12.1. The van der Waals surface area contributed by atoms with E-state index in [0.717, 1.165) is 19.4 Å². The van der Waals surface area contributed by atoms with Crippen LogP contribution in [0.1, 0.15) is 74.7 Å². The third-order valence-corrected chi connectivity index (χ3v) is 3.97. The van der Waals surface area contributed by atoms with Crippen molar-refractivity contribution in [2.75, 3.05) is 6.61 Å². The molecule has 0 saturated carbocycles. The van der Waals surface area contributed by atoms with Crippen molar-refractivity contribution in [1.82, 2.24) is 0 Å². The van der Waals surface area contributed by atoms with Gasteiger partial charge in [0.15, 0.2) is 0 Å². The van der Waals surface area contributed by atoms with E-state index < -0.39 is 11.0 Å². The molecule has 1 fully saturated rings. The fourth-order valence-corrected chi connectivity index (χ4v) is 2.90. The van der Waals surface area contributed by atoms with Crippen molar-refractivity contribution < 1.29 is 19.0 Å². The molecule has 2 unspecified atom stereocenters. The van der Waals surface area contributed by atoms with Crippen LogP contribution in [0.25, 0.3) is 0 Å². The predicted octanol–water partition coefficient (Wildman–Crippen LogP) is 4.11. The van der Waals surface area contributed by atoms with Gasteiger partial charge in [-0.25, -0.2) is 0 Å². The van der Waals surface area contributed by atoms with Gasteiger partial charge in [-0.1, -0.05) is 0 Å². The molecule has 4 nitrogen and oxygen atoms in total. The van der Waals surface area contributed by atoms with Gasteiger partial charge in [-0.3, -0.25) is 4.79 Å². The van der Waals surface area contributed by atoms with E-state index in [1.807, 2.05) is 41.5 Å². The molecule has 0 aromatic rings. The van der Waals surface area contributed by atoms with E-state index in [0.29, 0.717) is 6.42 Å². The van der Waals surface area contributed by atoms with Crippen LogP contribution in [0.5, 0.6) is 0 Å². The topological polar surface area (TPSA) is 44.8 Å². The minimum absolute atomic E-state index is 0.0121. The average Bonchev–Trinajstić information content (AvgIpc) is 2.78. The summed E-state index contributed by atoms with van der Waals surface area (Å²) < 4.78 is 17.6. The highest BCUT2D eigenvalue weighted by Crippen LogP contribution is 2.31. The Morgan fingerprint density at radius 1 is 1.18 bits per heavy atom. The predicted molar refractivity (Wildman–Crippen MR) is 87.8 cm³/mol. The molecule has 0 aromatic heterocycles. The standard InChI is InChI=1S/C18H34O4/c1-13(21-18(7,8)14-10-9-11-20-14)12-17(5,6)22-15(19)16(2,3)4/h13-14H,9-12H2,1-8H3. The highest BCUT2D eigenvalue weighted by atomic mass is 16.6. The van der Waals surface area contributed by atoms with Gasteiger partial charge in [-0.2, -0.15) is 0 Å². The van der Waals surface area contributed by atoms with Gasteiger partial charge in [-0.15, -0.1) is 0 Å². The van der Waals surface area contributed by atoms with Crippen molar-refractivity contribution in [3.63, 3.8) is 0 Å². The van der Waals surface area contributed by atoms with Crippen LogP contribution in [0.3, 0.4) is 0 Å². The van der Waals surface area contributed by atoms with Crippen LogP contribution < -0.4 is 0 Å². The van der Waals surface area contributed by atoms with E-state index in [-0.39, 0.29) is 23.8 Å². The first kappa shape index (κ1) is 19.4. The smallest absolute Gasteiger partial charge is 0.311 e. The Kier molecular flexibility index (Phi) is 6.07. The van der Waals surface area contributed by atoms with Crippen molar-refractivity contribution >= 4 is 5.97 Å². The second kappa shape index (κ2) is 6.88. The zero-order valence-corrected chi connectivity index (χ0v) is 15.6. The van der Waals surface area contributed by atoms with E-state index in [4.69, 9.17) is 14.2 Å². The number of esters is 1. The summed E-state index contributed by atoms with van der Waals surface area (Å²) in [5, 5.41) is 0. The zero-order chi connectivity index (χ0) is 17.2. The first-order valence-electron chi connectivity index (χ1n) is 8.36. The Balaban J connectivity index is 2.55. The normalized spacial score (nSPS) is 21.7. The molecule has 1 rings (SSSR count). The van der Waals surface area contributed by atoms with Crippen molar-refractivity contribution in [3.05, 3.63) is 0 Å². The van der Waals surface area contributed by atoms with Crippen LogP contribution >= 0.6 is 0 Å². The molecule has 1 aliphatic rings. The molecule has 0 amide bonds. The third kappa shape index (κ3) is 5.88. The summed E-state index contributed by atoms with van der Waals surface area (Å²) >= 11 is 0. The average molecular weight is 314 g/mol. The largest absolute Gasteiger partial charge is 0.459 e. The van der Waals surface area contributed by atoms with Crippen LogP contribution in [0.4, 0.5) is 0 Å². The monoisotopic (exact) mass is 314 g/mol. The first-order chi connectivity index (χ1) is 9.83. The van der Waals surface area contributed by atoms with Crippen LogP contribution in [-0.2, 0) is 19.0 Å². The Labute approximate surface area is 135 Å². The van der Waals surface area contributed by atoms with Crippen molar-refractivity contribution in [3.8, 4) is 0 Å². The molecule has 0 N–H and O–H groups in total. The number of carbonyl (C=O) groups excluding carboxylic acids is 1. The number of ether oxygens (including phenoxy) is 3. The zero-order valence-electron chi connectivity index (χ0n) is 15.6. The van der Waals surface area contributed by atoms with Crippen LogP contribution in [-0.4, -0.2) is 36.0 Å². The van der Waals surface area contributed by atoms with Crippen LogP contribution in [0.15, 0.2) is 0 Å². The van der Waals surface area contributed by atoms with Crippen molar-refractivity contribution in [2.24, 2.45) is 5.41 Å². The second-order valence-corrected chi connectivity index (χ2v) is 8.64. The van der Waals surface area contributed by atoms with E-state index in [9.17, 15) is 4.79 Å². The van der Waals surface area contributed by atoms with Crippen LogP contribution in [0, 0.1) is 5.41 Å². The van der Waals surface area contributed by atoms with Gasteiger partial charge in [0.25, 0.3) is 0 Å².